The fourth-order valence-electron chi connectivity index (χ4n) is 2.66. The molecule has 2 aromatic rings. The number of carbonyl (C=O) groups is 1. The lowest BCUT2D eigenvalue weighted by atomic mass is 10.1. The molecule has 1 atom stereocenters. The predicted octanol–water partition coefficient (Wildman–Crippen LogP) is 3.77. The van der Waals surface area contributed by atoms with Crippen LogP contribution in [0.1, 0.15) is 12.1 Å². The molecule has 1 fully saturated rings. The molecule has 1 aromatic heterocycles. The molecule has 132 valence electrons. The summed E-state index contributed by atoms with van der Waals surface area (Å²) in [6.07, 6.45) is 1.39. The van der Waals surface area contributed by atoms with Crippen LogP contribution in [-0.2, 0) is 11.2 Å². The fraction of sp³-hybridized carbons (Fsp3) is 0.375. The van der Waals surface area contributed by atoms with Crippen molar-refractivity contribution in [2.45, 2.75) is 12.8 Å². The Labute approximate surface area is 166 Å². The summed E-state index contributed by atoms with van der Waals surface area (Å²) in [7, 11) is 0. The van der Waals surface area contributed by atoms with Crippen molar-refractivity contribution in [3.8, 4) is 10.6 Å². The summed E-state index contributed by atoms with van der Waals surface area (Å²) in [6.45, 7) is 2.27. The lowest BCUT2D eigenvalue weighted by molar-refractivity contribution is -0.129. The van der Waals surface area contributed by atoms with E-state index in [4.69, 9.17) is 5.73 Å². The van der Waals surface area contributed by atoms with Gasteiger partial charge in [-0.2, -0.15) is 0 Å². The third-order valence-electron chi connectivity index (χ3n) is 3.93. The topological polar surface area (TPSA) is 59.2 Å². The van der Waals surface area contributed by atoms with Gasteiger partial charge in [-0.15, -0.1) is 36.2 Å². The molecule has 4 nitrogen and oxygen atoms in total. The number of amides is 1. The van der Waals surface area contributed by atoms with E-state index < -0.39 is 0 Å². The summed E-state index contributed by atoms with van der Waals surface area (Å²) in [6, 6.07) is 8.05. The molecule has 0 saturated carbocycles. The smallest absolute Gasteiger partial charge is 0.228 e. The van der Waals surface area contributed by atoms with Crippen molar-refractivity contribution in [2.75, 3.05) is 19.6 Å². The highest BCUT2D eigenvalue weighted by Gasteiger charge is 2.25. The summed E-state index contributed by atoms with van der Waals surface area (Å²) in [5.74, 6) is 0.610. The number of hydrogen-bond acceptors (Lipinski definition) is 4. The maximum absolute atomic E-state index is 12.3. The van der Waals surface area contributed by atoms with Crippen LogP contribution in [0.4, 0.5) is 0 Å². The van der Waals surface area contributed by atoms with Crippen LogP contribution >= 0.6 is 52.1 Å². The Kier molecular flexibility index (Phi) is 8.67. The minimum atomic E-state index is 0. The van der Waals surface area contributed by atoms with Gasteiger partial charge in [-0.05, 0) is 31.0 Å². The van der Waals surface area contributed by atoms with Crippen molar-refractivity contribution in [3.63, 3.8) is 0 Å². The first-order valence-corrected chi connectivity index (χ1v) is 9.01. The standard InChI is InChI=1S/C16H18BrN3OS.2ClH/c17-13-3-1-2-12(6-13)16-19-14(10-22-16)7-15(21)20-5-4-11(8-18)9-20;;/h1-3,6,10-11H,4-5,7-9,18H2;2*1H. The number of hydrogen-bond donors (Lipinski definition) is 1. The molecule has 0 aliphatic carbocycles. The normalized spacial score (nSPS) is 16.4. The second kappa shape index (κ2) is 9.73. The van der Waals surface area contributed by atoms with Gasteiger partial charge in [-0.25, -0.2) is 4.98 Å². The predicted molar refractivity (Wildman–Crippen MR) is 107 cm³/mol. The molecule has 0 bridgehead atoms. The van der Waals surface area contributed by atoms with E-state index in [9.17, 15) is 4.79 Å². The minimum absolute atomic E-state index is 0. The van der Waals surface area contributed by atoms with Crippen molar-refractivity contribution < 1.29 is 4.79 Å². The zero-order valence-corrected chi connectivity index (χ0v) is 17.0. The lowest BCUT2D eigenvalue weighted by Gasteiger charge is -2.15. The van der Waals surface area contributed by atoms with Crippen LogP contribution in [0, 0.1) is 5.92 Å². The van der Waals surface area contributed by atoms with Gasteiger partial charge in [-0.3, -0.25) is 4.79 Å². The first-order valence-electron chi connectivity index (χ1n) is 7.34. The molecule has 3 rings (SSSR count). The van der Waals surface area contributed by atoms with Gasteiger partial charge in [0.2, 0.25) is 5.91 Å². The maximum atomic E-state index is 12.3. The molecule has 8 heteroatoms. The van der Waals surface area contributed by atoms with E-state index in [0.717, 1.165) is 40.2 Å². The van der Waals surface area contributed by atoms with E-state index in [-0.39, 0.29) is 30.7 Å². The van der Waals surface area contributed by atoms with Gasteiger partial charge in [0.1, 0.15) is 5.01 Å². The SMILES string of the molecule is Cl.Cl.NCC1CCN(C(=O)Cc2csc(-c3cccc(Br)c3)n2)C1. The van der Waals surface area contributed by atoms with Crippen molar-refractivity contribution in [3.05, 3.63) is 39.8 Å². The first-order chi connectivity index (χ1) is 10.7. The van der Waals surface area contributed by atoms with E-state index >= 15 is 0 Å². The van der Waals surface area contributed by atoms with Crippen LogP contribution in [-0.4, -0.2) is 35.4 Å². The Hall–Kier alpha value is -0.660. The molecule has 0 radical (unpaired) electrons. The summed E-state index contributed by atoms with van der Waals surface area (Å²) in [4.78, 5) is 18.8. The number of rotatable bonds is 4. The zero-order valence-electron chi connectivity index (χ0n) is 13.0. The van der Waals surface area contributed by atoms with Gasteiger partial charge in [0, 0.05) is 28.5 Å². The molecule has 0 spiro atoms. The van der Waals surface area contributed by atoms with E-state index in [0.29, 0.717) is 18.9 Å². The van der Waals surface area contributed by atoms with Crippen molar-refractivity contribution in [2.24, 2.45) is 11.7 Å². The van der Waals surface area contributed by atoms with E-state index in [1.54, 1.807) is 11.3 Å². The lowest BCUT2D eigenvalue weighted by Crippen LogP contribution is -2.31. The Balaban J connectivity index is 0.00000144. The van der Waals surface area contributed by atoms with Crippen LogP contribution in [0.3, 0.4) is 0 Å². The Morgan fingerprint density at radius 2 is 2.21 bits per heavy atom. The zero-order chi connectivity index (χ0) is 15.5. The maximum Gasteiger partial charge on any atom is 0.228 e. The Morgan fingerprint density at radius 1 is 1.42 bits per heavy atom. The highest BCUT2D eigenvalue weighted by molar-refractivity contribution is 9.10. The summed E-state index contributed by atoms with van der Waals surface area (Å²) in [5.41, 5.74) is 7.60. The van der Waals surface area contributed by atoms with Gasteiger partial charge in [0.15, 0.2) is 0 Å². The van der Waals surface area contributed by atoms with Crippen molar-refractivity contribution >= 4 is 58.0 Å². The molecule has 2 heterocycles. The summed E-state index contributed by atoms with van der Waals surface area (Å²) < 4.78 is 1.03. The number of aromatic nitrogens is 1. The second-order valence-corrected chi connectivity index (χ2v) is 7.34. The number of nitrogens with zero attached hydrogens (tertiary/aromatic N) is 2. The van der Waals surface area contributed by atoms with Gasteiger partial charge >= 0.3 is 0 Å². The van der Waals surface area contributed by atoms with Crippen LogP contribution in [0.25, 0.3) is 10.6 Å². The average molecular weight is 453 g/mol. The third-order valence-corrected chi connectivity index (χ3v) is 5.36. The quantitative estimate of drug-likeness (QED) is 0.767. The van der Waals surface area contributed by atoms with Crippen LogP contribution in [0.2, 0.25) is 0 Å². The highest BCUT2D eigenvalue weighted by Crippen LogP contribution is 2.26. The van der Waals surface area contributed by atoms with Crippen LogP contribution in [0.5, 0.6) is 0 Å². The van der Waals surface area contributed by atoms with E-state index in [1.807, 2.05) is 34.5 Å². The average Bonchev–Trinajstić information content (AvgIpc) is 3.16. The molecular weight excluding hydrogens is 433 g/mol. The molecule has 1 aromatic carbocycles. The number of benzene rings is 1. The van der Waals surface area contributed by atoms with Crippen molar-refractivity contribution in [1.29, 1.82) is 0 Å². The van der Waals surface area contributed by atoms with E-state index in [2.05, 4.69) is 20.9 Å². The number of likely N-dealkylation sites (tertiary alicyclic amines) is 1. The molecular formula is C16H20BrCl2N3OS. The van der Waals surface area contributed by atoms with Gasteiger partial charge in [0.25, 0.3) is 0 Å². The molecule has 1 unspecified atom stereocenters. The third kappa shape index (κ3) is 5.17. The summed E-state index contributed by atoms with van der Waals surface area (Å²) in [5, 5.41) is 2.93. The minimum Gasteiger partial charge on any atom is -0.342 e. The number of carbonyl (C=O) groups excluding carboxylic acids is 1. The van der Waals surface area contributed by atoms with Gasteiger partial charge < -0.3 is 10.6 Å². The molecule has 1 aliphatic rings. The summed E-state index contributed by atoms with van der Waals surface area (Å²) >= 11 is 5.05. The first kappa shape index (κ1) is 21.4. The van der Waals surface area contributed by atoms with E-state index in [1.165, 1.54) is 0 Å². The number of nitrogens with two attached hydrogens (primary N) is 1. The fourth-order valence-corrected chi connectivity index (χ4v) is 3.88. The van der Waals surface area contributed by atoms with Gasteiger partial charge in [0.05, 0.1) is 12.1 Å². The highest BCUT2D eigenvalue weighted by atomic mass is 79.9. The van der Waals surface area contributed by atoms with Crippen LogP contribution < -0.4 is 5.73 Å². The number of thiazole rings is 1. The molecule has 24 heavy (non-hydrogen) atoms. The second-order valence-electron chi connectivity index (χ2n) is 5.56. The Bertz CT molecular complexity index is 683. The van der Waals surface area contributed by atoms with Crippen LogP contribution in [0.15, 0.2) is 34.1 Å². The molecule has 1 saturated heterocycles. The van der Waals surface area contributed by atoms with Gasteiger partial charge in [-0.1, -0.05) is 28.1 Å². The molecule has 2 N–H and O–H groups in total. The molecule has 1 aliphatic heterocycles. The number of halogens is 3. The largest absolute Gasteiger partial charge is 0.342 e. The Morgan fingerprint density at radius 3 is 2.88 bits per heavy atom. The monoisotopic (exact) mass is 451 g/mol. The molecule has 1 amide bonds. The van der Waals surface area contributed by atoms with Crippen molar-refractivity contribution in [1.82, 2.24) is 9.88 Å².